The number of nitrogens with zero attached hydrogens (tertiary/aromatic N) is 2. The average molecular weight is 182 g/mol. The Morgan fingerprint density at radius 3 is 2.15 bits per heavy atom. The molecule has 0 radical (unpaired) electrons. The second-order valence-corrected chi connectivity index (χ2v) is 3.87. The number of amides is 2. The molecule has 1 rings (SSSR count). The first-order valence-corrected chi connectivity index (χ1v) is 4.70. The predicted molar refractivity (Wildman–Crippen MR) is 53.4 cm³/mol. The molecule has 0 aromatic heterocycles. The highest BCUT2D eigenvalue weighted by atomic mass is 16.2. The fourth-order valence-corrected chi connectivity index (χ4v) is 1.49. The maximum absolute atomic E-state index is 11.7. The zero-order valence-corrected chi connectivity index (χ0v) is 8.71. The summed E-state index contributed by atoms with van der Waals surface area (Å²) < 4.78 is 0. The average Bonchev–Trinajstić information content (AvgIpc) is 1.94. The SMILES string of the molecule is C=C(C)N(C(=O)N(C)C)C1CCC1. The number of rotatable bonds is 2. The molecule has 1 saturated carbocycles. The molecule has 0 aromatic carbocycles. The van der Waals surface area contributed by atoms with E-state index in [4.69, 9.17) is 0 Å². The summed E-state index contributed by atoms with van der Waals surface area (Å²) in [6.07, 6.45) is 3.47. The van der Waals surface area contributed by atoms with E-state index in [0.717, 1.165) is 18.5 Å². The van der Waals surface area contributed by atoms with Crippen LogP contribution in [0.25, 0.3) is 0 Å². The van der Waals surface area contributed by atoms with Crippen LogP contribution in [0.3, 0.4) is 0 Å². The molecule has 2 amide bonds. The van der Waals surface area contributed by atoms with Gasteiger partial charge in [0.15, 0.2) is 0 Å². The molecule has 0 atom stereocenters. The maximum atomic E-state index is 11.7. The van der Waals surface area contributed by atoms with Crippen LogP contribution in [0.1, 0.15) is 26.2 Å². The molecule has 3 nitrogen and oxygen atoms in total. The first kappa shape index (κ1) is 10.1. The normalized spacial score (nSPS) is 16.2. The minimum Gasteiger partial charge on any atom is -0.330 e. The second-order valence-electron chi connectivity index (χ2n) is 3.87. The van der Waals surface area contributed by atoms with Gasteiger partial charge in [0.05, 0.1) is 0 Å². The van der Waals surface area contributed by atoms with Crippen molar-refractivity contribution < 1.29 is 4.79 Å². The lowest BCUT2D eigenvalue weighted by molar-refractivity contribution is 0.141. The lowest BCUT2D eigenvalue weighted by Crippen LogP contribution is -2.47. The van der Waals surface area contributed by atoms with Gasteiger partial charge in [0, 0.05) is 25.8 Å². The van der Waals surface area contributed by atoms with Gasteiger partial charge >= 0.3 is 6.03 Å². The van der Waals surface area contributed by atoms with Gasteiger partial charge in [-0.2, -0.15) is 0 Å². The lowest BCUT2D eigenvalue weighted by Gasteiger charge is -2.38. The standard InChI is InChI=1S/C10H18N2O/c1-8(2)12(9-6-5-7-9)10(13)11(3)4/h9H,1,5-7H2,2-4H3. The van der Waals surface area contributed by atoms with Crippen LogP contribution >= 0.6 is 0 Å². The molecule has 0 unspecified atom stereocenters. The van der Waals surface area contributed by atoms with Crippen molar-refractivity contribution in [3.8, 4) is 0 Å². The molecule has 1 aliphatic carbocycles. The molecule has 1 aliphatic rings. The second kappa shape index (κ2) is 3.81. The Labute approximate surface area is 80.0 Å². The van der Waals surface area contributed by atoms with Gasteiger partial charge in [-0.05, 0) is 26.2 Å². The van der Waals surface area contributed by atoms with Gasteiger partial charge in [0.2, 0.25) is 0 Å². The van der Waals surface area contributed by atoms with E-state index in [1.807, 2.05) is 11.8 Å². The number of allylic oxidation sites excluding steroid dienone is 1. The molecule has 0 N–H and O–H groups in total. The summed E-state index contributed by atoms with van der Waals surface area (Å²) in [5, 5.41) is 0. The van der Waals surface area contributed by atoms with Gasteiger partial charge < -0.3 is 4.90 Å². The maximum Gasteiger partial charge on any atom is 0.323 e. The van der Waals surface area contributed by atoms with Gasteiger partial charge in [-0.1, -0.05) is 6.58 Å². The van der Waals surface area contributed by atoms with Crippen LogP contribution in [-0.4, -0.2) is 36.0 Å². The van der Waals surface area contributed by atoms with Crippen LogP contribution in [0, 0.1) is 0 Å². The molecule has 3 heteroatoms. The van der Waals surface area contributed by atoms with E-state index in [-0.39, 0.29) is 6.03 Å². The summed E-state index contributed by atoms with van der Waals surface area (Å²) in [5.41, 5.74) is 0.850. The summed E-state index contributed by atoms with van der Waals surface area (Å²) >= 11 is 0. The van der Waals surface area contributed by atoms with E-state index >= 15 is 0 Å². The summed E-state index contributed by atoms with van der Waals surface area (Å²) in [6.45, 7) is 5.73. The van der Waals surface area contributed by atoms with Crippen molar-refractivity contribution in [2.24, 2.45) is 0 Å². The Hall–Kier alpha value is -0.990. The third kappa shape index (κ3) is 2.02. The third-order valence-corrected chi connectivity index (χ3v) is 2.44. The van der Waals surface area contributed by atoms with Crippen molar-refractivity contribution >= 4 is 6.03 Å². The van der Waals surface area contributed by atoms with Crippen LogP contribution < -0.4 is 0 Å². The Morgan fingerprint density at radius 1 is 1.38 bits per heavy atom. The molecule has 0 spiro atoms. The quantitative estimate of drug-likeness (QED) is 0.641. The number of urea groups is 1. The van der Waals surface area contributed by atoms with E-state index in [1.54, 1.807) is 19.0 Å². The monoisotopic (exact) mass is 182 g/mol. The molecule has 13 heavy (non-hydrogen) atoms. The number of hydrogen-bond donors (Lipinski definition) is 0. The van der Waals surface area contributed by atoms with Gasteiger partial charge in [-0.25, -0.2) is 4.79 Å². The third-order valence-electron chi connectivity index (χ3n) is 2.44. The zero-order chi connectivity index (χ0) is 10.0. The first-order valence-electron chi connectivity index (χ1n) is 4.70. The Kier molecular flexibility index (Phi) is 2.96. The van der Waals surface area contributed by atoms with E-state index in [2.05, 4.69) is 6.58 Å². The van der Waals surface area contributed by atoms with E-state index in [0.29, 0.717) is 6.04 Å². The number of hydrogen-bond acceptors (Lipinski definition) is 1. The molecule has 0 saturated heterocycles. The minimum atomic E-state index is 0.0530. The van der Waals surface area contributed by atoms with Gasteiger partial charge in [0.25, 0.3) is 0 Å². The summed E-state index contributed by atoms with van der Waals surface area (Å²) in [4.78, 5) is 15.1. The van der Waals surface area contributed by atoms with Crippen molar-refractivity contribution in [2.75, 3.05) is 14.1 Å². The largest absolute Gasteiger partial charge is 0.330 e. The Bertz CT molecular complexity index is 219. The lowest BCUT2D eigenvalue weighted by atomic mass is 9.91. The molecule has 0 aliphatic heterocycles. The Morgan fingerprint density at radius 2 is 1.92 bits per heavy atom. The fourth-order valence-electron chi connectivity index (χ4n) is 1.49. The van der Waals surface area contributed by atoms with Crippen LogP contribution in [0.4, 0.5) is 4.79 Å². The summed E-state index contributed by atoms with van der Waals surface area (Å²) in [6, 6.07) is 0.449. The molecular weight excluding hydrogens is 164 g/mol. The zero-order valence-electron chi connectivity index (χ0n) is 8.71. The Balaban J connectivity index is 2.66. The van der Waals surface area contributed by atoms with Gasteiger partial charge in [0.1, 0.15) is 0 Å². The predicted octanol–water partition coefficient (Wildman–Crippen LogP) is 2.06. The summed E-state index contributed by atoms with van der Waals surface area (Å²) in [7, 11) is 3.55. The van der Waals surface area contributed by atoms with E-state index in [1.165, 1.54) is 6.42 Å². The number of carbonyl (C=O) groups excluding carboxylic acids is 1. The molecule has 0 aromatic rings. The van der Waals surface area contributed by atoms with E-state index < -0.39 is 0 Å². The van der Waals surface area contributed by atoms with Crippen molar-refractivity contribution in [3.63, 3.8) is 0 Å². The molecule has 0 bridgehead atoms. The van der Waals surface area contributed by atoms with Crippen molar-refractivity contribution in [1.82, 2.24) is 9.80 Å². The topological polar surface area (TPSA) is 23.6 Å². The highest BCUT2D eigenvalue weighted by Crippen LogP contribution is 2.27. The fraction of sp³-hybridized carbons (Fsp3) is 0.700. The molecule has 0 heterocycles. The highest BCUT2D eigenvalue weighted by molar-refractivity contribution is 5.76. The molecule has 74 valence electrons. The molecule has 1 fully saturated rings. The van der Waals surface area contributed by atoms with Gasteiger partial charge in [-0.3, -0.25) is 4.90 Å². The minimum absolute atomic E-state index is 0.0530. The highest BCUT2D eigenvalue weighted by Gasteiger charge is 2.29. The van der Waals surface area contributed by atoms with Crippen LogP contribution in [0.5, 0.6) is 0 Å². The number of carbonyl (C=O) groups is 1. The van der Waals surface area contributed by atoms with Gasteiger partial charge in [-0.15, -0.1) is 0 Å². The van der Waals surface area contributed by atoms with Crippen LogP contribution in [0.15, 0.2) is 12.3 Å². The van der Waals surface area contributed by atoms with Crippen LogP contribution in [0.2, 0.25) is 0 Å². The summed E-state index contributed by atoms with van der Waals surface area (Å²) in [5.74, 6) is 0. The smallest absolute Gasteiger partial charge is 0.323 e. The van der Waals surface area contributed by atoms with Crippen molar-refractivity contribution in [1.29, 1.82) is 0 Å². The molecular formula is C10H18N2O. The van der Waals surface area contributed by atoms with Crippen LogP contribution in [-0.2, 0) is 0 Å². The first-order chi connectivity index (χ1) is 6.04. The van der Waals surface area contributed by atoms with Crippen molar-refractivity contribution in [2.45, 2.75) is 32.2 Å². The van der Waals surface area contributed by atoms with E-state index in [9.17, 15) is 4.79 Å². The van der Waals surface area contributed by atoms with Crippen molar-refractivity contribution in [3.05, 3.63) is 12.3 Å².